The maximum absolute atomic E-state index is 12.7. The molecule has 0 saturated heterocycles. The maximum atomic E-state index is 12.7. The summed E-state index contributed by atoms with van der Waals surface area (Å²) in [6.07, 6.45) is 1.58. The average molecular weight is 303 g/mol. The monoisotopic (exact) mass is 303 g/mol. The van der Waals surface area contributed by atoms with Crippen molar-refractivity contribution < 1.29 is 9.90 Å². The molecule has 1 amide bonds. The Morgan fingerprint density at radius 3 is 2.68 bits per heavy atom. The Labute approximate surface area is 128 Å². The number of pyridine rings is 1. The minimum absolute atomic E-state index is 0.0857. The number of benzene rings is 1. The van der Waals surface area contributed by atoms with Crippen molar-refractivity contribution in [2.75, 3.05) is 25.4 Å². The van der Waals surface area contributed by atoms with Crippen molar-refractivity contribution in [2.24, 2.45) is 0 Å². The lowest BCUT2D eigenvalue weighted by Gasteiger charge is -2.20. The van der Waals surface area contributed by atoms with Gasteiger partial charge in [-0.1, -0.05) is 6.07 Å². The third-order valence-corrected chi connectivity index (χ3v) is 3.75. The van der Waals surface area contributed by atoms with Gasteiger partial charge in [-0.05, 0) is 26.0 Å². The van der Waals surface area contributed by atoms with Gasteiger partial charge in [0, 0.05) is 31.5 Å². The van der Waals surface area contributed by atoms with E-state index >= 15 is 0 Å². The summed E-state index contributed by atoms with van der Waals surface area (Å²) in [6.45, 7) is 4.84. The van der Waals surface area contributed by atoms with E-state index in [1.165, 1.54) is 4.90 Å². The number of nitrogens with zero attached hydrogens (tertiary/aromatic N) is 2. The number of likely N-dealkylation sites (N-methyl/N-ethyl adjacent to an activating group) is 1. The van der Waals surface area contributed by atoms with Crippen LogP contribution in [-0.4, -0.2) is 40.2 Å². The van der Waals surface area contributed by atoms with E-state index in [2.05, 4.69) is 0 Å². The first-order chi connectivity index (χ1) is 10.5. The van der Waals surface area contributed by atoms with Gasteiger partial charge in [-0.2, -0.15) is 0 Å². The maximum Gasteiger partial charge on any atom is 0.259 e. The predicted molar refractivity (Wildman–Crippen MR) is 87.0 cm³/mol. The predicted octanol–water partition coefficient (Wildman–Crippen LogP) is 1.06. The number of hydrogen-bond donors (Lipinski definition) is 2. The van der Waals surface area contributed by atoms with Gasteiger partial charge in [0.15, 0.2) is 0 Å². The molecular formula is C16H21N3O3. The lowest BCUT2D eigenvalue weighted by atomic mass is 10.1. The Bertz CT molecular complexity index is 752. The molecule has 2 aromatic rings. The summed E-state index contributed by atoms with van der Waals surface area (Å²) in [7, 11) is 0. The Morgan fingerprint density at radius 1 is 1.36 bits per heavy atom. The van der Waals surface area contributed by atoms with Crippen LogP contribution in [0.1, 0.15) is 24.2 Å². The topological polar surface area (TPSA) is 88.6 Å². The van der Waals surface area contributed by atoms with Crippen molar-refractivity contribution in [2.45, 2.75) is 20.4 Å². The molecule has 118 valence electrons. The molecule has 0 bridgehead atoms. The van der Waals surface area contributed by atoms with E-state index in [4.69, 9.17) is 10.8 Å². The third kappa shape index (κ3) is 2.69. The summed E-state index contributed by atoms with van der Waals surface area (Å²) in [5, 5.41) is 9.42. The fourth-order valence-corrected chi connectivity index (χ4v) is 2.57. The molecule has 0 radical (unpaired) electrons. The van der Waals surface area contributed by atoms with Crippen molar-refractivity contribution >= 4 is 22.5 Å². The zero-order valence-corrected chi connectivity index (χ0v) is 12.9. The molecule has 22 heavy (non-hydrogen) atoms. The van der Waals surface area contributed by atoms with Gasteiger partial charge < -0.3 is 20.3 Å². The SMILES string of the molecule is CCN(CCO)C(=O)c1cn(CC)c2cccc(N)c2c1=O. The van der Waals surface area contributed by atoms with Gasteiger partial charge in [-0.3, -0.25) is 9.59 Å². The summed E-state index contributed by atoms with van der Waals surface area (Å²) in [6, 6.07) is 5.26. The molecule has 3 N–H and O–H groups in total. The number of anilines is 1. The second kappa shape index (κ2) is 6.62. The molecule has 0 aliphatic heterocycles. The number of aliphatic hydroxyl groups is 1. The third-order valence-electron chi connectivity index (χ3n) is 3.75. The van der Waals surface area contributed by atoms with E-state index in [1.54, 1.807) is 25.3 Å². The van der Waals surface area contributed by atoms with Gasteiger partial charge >= 0.3 is 0 Å². The number of hydrogen-bond acceptors (Lipinski definition) is 4. The van der Waals surface area contributed by atoms with Crippen molar-refractivity contribution in [1.82, 2.24) is 9.47 Å². The summed E-state index contributed by atoms with van der Waals surface area (Å²) in [5.74, 6) is -0.381. The number of nitrogen functional groups attached to an aromatic ring is 1. The molecule has 0 fully saturated rings. The van der Waals surface area contributed by atoms with Crippen molar-refractivity contribution in [1.29, 1.82) is 0 Å². The number of nitrogens with two attached hydrogens (primary N) is 1. The van der Waals surface area contributed by atoms with E-state index in [0.29, 0.717) is 29.7 Å². The van der Waals surface area contributed by atoms with Crippen LogP contribution in [0.4, 0.5) is 5.69 Å². The lowest BCUT2D eigenvalue weighted by molar-refractivity contribution is 0.0730. The van der Waals surface area contributed by atoms with Crippen LogP contribution in [0.2, 0.25) is 0 Å². The highest BCUT2D eigenvalue weighted by Crippen LogP contribution is 2.19. The highest BCUT2D eigenvalue weighted by molar-refractivity contribution is 6.00. The van der Waals surface area contributed by atoms with E-state index < -0.39 is 0 Å². The molecule has 6 heteroatoms. The normalized spacial score (nSPS) is 10.9. The van der Waals surface area contributed by atoms with Gasteiger partial charge in [0.25, 0.3) is 5.91 Å². The number of carbonyl (C=O) groups is 1. The number of aromatic nitrogens is 1. The summed E-state index contributed by atoms with van der Waals surface area (Å²) in [4.78, 5) is 26.7. The summed E-state index contributed by atoms with van der Waals surface area (Å²) >= 11 is 0. The van der Waals surface area contributed by atoms with Crippen LogP contribution in [0.25, 0.3) is 10.9 Å². The first-order valence-electron chi connectivity index (χ1n) is 7.36. The highest BCUT2D eigenvalue weighted by atomic mass is 16.3. The Balaban J connectivity index is 2.70. The quantitative estimate of drug-likeness (QED) is 0.808. The fourth-order valence-electron chi connectivity index (χ4n) is 2.57. The smallest absolute Gasteiger partial charge is 0.259 e. The largest absolute Gasteiger partial charge is 0.398 e. The number of carbonyl (C=O) groups excluding carboxylic acids is 1. The molecule has 0 unspecified atom stereocenters. The molecule has 2 rings (SSSR count). The molecule has 0 atom stereocenters. The van der Waals surface area contributed by atoms with E-state index in [0.717, 1.165) is 0 Å². The zero-order chi connectivity index (χ0) is 16.3. The molecule has 0 saturated carbocycles. The second-order valence-electron chi connectivity index (χ2n) is 5.01. The van der Waals surface area contributed by atoms with E-state index in [-0.39, 0.29) is 30.1 Å². The molecular weight excluding hydrogens is 282 g/mol. The number of aryl methyl sites for hydroxylation is 1. The minimum Gasteiger partial charge on any atom is -0.398 e. The number of amides is 1. The van der Waals surface area contributed by atoms with Gasteiger partial charge in [0.05, 0.1) is 17.5 Å². The van der Waals surface area contributed by atoms with Crippen LogP contribution in [-0.2, 0) is 6.54 Å². The minimum atomic E-state index is -0.381. The molecule has 1 heterocycles. The molecule has 0 aliphatic carbocycles. The highest BCUT2D eigenvalue weighted by Gasteiger charge is 2.20. The molecule has 1 aromatic carbocycles. The molecule has 6 nitrogen and oxygen atoms in total. The number of aliphatic hydroxyl groups excluding tert-OH is 1. The second-order valence-corrected chi connectivity index (χ2v) is 5.01. The van der Waals surface area contributed by atoms with E-state index in [9.17, 15) is 9.59 Å². The number of fused-ring (bicyclic) bond motifs is 1. The van der Waals surface area contributed by atoms with E-state index in [1.807, 2.05) is 17.6 Å². The van der Waals surface area contributed by atoms with Crippen LogP contribution in [0.5, 0.6) is 0 Å². The van der Waals surface area contributed by atoms with Crippen LogP contribution >= 0.6 is 0 Å². The Morgan fingerprint density at radius 2 is 2.09 bits per heavy atom. The number of rotatable bonds is 5. The average Bonchev–Trinajstić information content (AvgIpc) is 2.52. The standard InChI is InChI=1S/C16H21N3O3/c1-3-18(8-9-20)16(22)11-10-19(4-2)13-7-5-6-12(17)14(13)15(11)21/h5-7,10,20H,3-4,8-9,17H2,1-2H3. The van der Waals surface area contributed by atoms with Gasteiger partial charge in [0.1, 0.15) is 5.56 Å². The summed E-state index contributed by atoms with van der Waals surface area (Å²) < 4.78 is 1.84. The van der Waals surface area contributed by atoms with Gasteiger partial charge in [-0.15, -0.1) is 0 Å². The van der Waals surface area contributed by atoms with Crippen molar-refractivity contribution in [3.8, 4) is 0 Å². The van der Waals surface area contributed by atoms with Crippen molar-refractivity contribution in [3.63, 3.8) is 0 Å². The molecule has 1 aromatic heterocycles. The van der Waals surface area contributed by atoms with Crippen LogP contribution in [0.15, 0.2) is 29.2 Å². The first-order valence-corrected chi connectivity index (χ1v) is 7.36. The summed E-state index contributed by atoms with van der Waals surface area (Å²) in [5.41, 5.74) is 6.74. The van der Waals surface area contributed by atoms with Gasteiger partial charge in [0.2, 0.25) is 5.43 Å². The van der Waals surface area contributed by atoms with Crippen molar-refractivity contribution in [3.05, 3.63) is 40.2 Å². The molecule has 0 aliphatic rings. The first kappa shape index (κ1) is 16.0. The Hall–Kier alpha value is -2.34. The zero-order valence-electron chi connectivity index (χ0n) is 12.9. The van der Waals surface area contributed by atoms with Crippen LogP contribution < -0.4 is 11.2 Å². The fraction of sp³-hybridized carbons (Fsp3) is 0.375. The van der Waals surface area contributed by atoms with Gasteiger partial charge in [-0.25, -0.2) is 0 Å². The van der Waals surface area contributed by atoms with Crippen LogP contribution in [0.3, 0.4) is 0 Å². The molecule has 0 spiro atoms. The van der Waals surface area contributed by atoms with Crippen LogP contribution in [0, 0.1) is 0 Å². The Kier molecular flexibility index (Phi) is 4.82. The lowest BCUT2D eigenvalue weighted by Crippen LogP contribution is -2.36.